The predicted octanol–water partition coefficient (Wildman–Crippen LogP) is 2.32. The molecular weight excluding hydrogens is 278 g/mol. The van der Waals surface area contributed by atoms with E-state index in [9.17, 15) is 5.11 Å². The molecule has 0 aromatic heterocycles. The van der Waals surface area contributed by atoms with E-state index in [4.69, 9.17) is 21.1 Å². The third-order valence-electron chi connectivity index (χ3n) is 3.52. The smallest absolute Gasteiger partial charge is 0.125 e. The molecule has 0 bridgehead atoms. The van der Waals surface area contributed by atoms with Gasteiger partial charge in [-0.1, -0.05) is 11.6 Å². The van der Waals surface area contributed by atoms with Gasteiger partial charge >= 0.3 is 0 Å². The van der Waals surface area contributed by atoms with E-state index in [0.29, 0.717) is 29.0 Å². The number of halogens is 1. The summed E-state index contributed by atoms with van der Waals surface area (Å²) < 4.78 is 11.5. The molecule has 1 aliphatic rings. The molecule has 4 nitrogen and oxygen atoms in total. The van der Waals surface area contributed by atoms with Crippen molar-refractivity contribution in [2.75, 3.05) is 26.3 Å². The molecule has 5 heteroatoms. The number of benzene rings is 1. The molecule has 1 aliphatic heterocycles. The molecule has 0 saturated carbocycles. The Labute approximate surface area is 125 Å². The molecule has 112 valence electrons. The fraction of sp³-hybridized carbons (Fsp3) is 0.600. The topological polar surface area (TPSA) is 41.9 Å². The lowest BCUT2D eigenvalue weighted by molar-refractivity contribution is -0.0566. The van der Waals surface area contributed by atoms with Crippen LogP contribution in [0.5, 0.6) is 5.75 Å². The predicted molar refractivity (Wildman–Crippen MR) is 79.3 cm³/mol. The number of morpholine rings is 1. The second kappa shape index (κ2) is 7.27. The molecule has 0 spiro atoms. The zero-order chi connectivity index (χ0) is 14.5. The molecule has 1 aromatic rings. The Kier molecular flexibility index (Phi) is 5.66. The van der Waals surface area contributed by atoms with Gasteiger partial charge in [-0.25, -0.2) is 0 Å². The molecule has 2 rings (SSSR count). The monoisotopic (exact) mass is 299 g/mol. The Morgan fingerprint density at radius 3 is 3.00 bits per heavy atom. The maximum Gasteiger partial charge on any atom is 0.125 e. The average molecular weight is 300 g/mol. The second-order valence-corrected chi connectivity index (χ2v) is 5.74. The van der Waals surface area contributed by atoms with Crippen LogP contribution >= 0.6 is 11.6 Å². The minimum Gasteiger partial charge on any atom is -0.490 e. The lowest BCUT2D eigenvalue weighted by Gasteiger charge is -2.35. The van der Waals surface area contributed by atoms with Crippen LogP contribution in [0.4, 0.5) is 0 Å². The van der Waals surface area contributed by atoms with Crippen LogP contribution in [-0.4, -0.2) is 48.5 Å². The van der Waals surface area contributed by atoms with Gasteiger partial charge in [0.25, 0.3) is 0 Å². The zero-order valence-electron chi connectivity index (χ0n) is 12.0. The van der Waals surface area contributed by atoms with E-state index in [1.165, 1.54) is 0 Å². The quantitative estimate of drug-likeness (QED) is 0.906. The van der Waals surface area contributed by atoms with E-state index in [1.807, 2.05) is 0 Å². The van der Waals surface area contributed by atoms with Gasteiger partial charge in [0, 0.05) is 29.7 Å². The summed E-state index contributed by atoms with van der Waals surface area (Å²) in [5.74, 6) is 0.669. The molecule has 0 radical (unpaired) electrons. The zero-order valence-corrected chi connectivity index (χ0v) is 12.8. The molecule has 1 heterocycles. The number of rotatable bonds is 5. The first-order valence-corrected chi connectivity index (χ1v) is 7.35. The van der Waals surface area contributed by atoms with Gasteiger partial charge < -0.3 is 14.6 Å². The molecular formula is C15H22ClNO3. The highest BCUT2D eigenvalue weighted by Crippen LogP contribution is 2.23. The normalized spacial score (nSPS) is 20.4. The van der Waals surface area contributed by atoms with Crippen molar-refractivity contribution in [2.24, 2.45) is 0 Å². The van der Waals surface area contributed by atoms with Crippen molar-refractivity contribution in [3.63, 3.8) is 0 Å². The van der Waals surface area contributed by atoms with Crippen molar-refractivity contribution < 1.29 is 14.6 Å². The van der Waals surface area contributed by atoms with Crippen LogP contribution in [0.3, 0.4) is 0 Å². The first-order valence-electron chi connectivity index (χ1n) is 6.98. The summed E-state index contributed by atoms with van der Waals surface area (Å²) in [5, 5.41) is 9.91. The maximum atomic E-state index is 9.32. The van der Waals surface area contributed by atoms with Gasteiger partial charge in [-0.15, -0.1) is 0 Å². The molecule has 0 aliphatic carbocycles. The molecule has 1 aromatic carbocycles. The summed E-state index contributed by atoms with van der Waals surface area (Å²) >= 11 is 5.90. The van der Waals surface area contributed by atoms with E-state index < -0.39 is 0 Å². The van der Waals surface area contributed by atoms with Crippen LogP contribution in [0.15, 0.2) is 18.2 Å². The Hall–Kier alpha value is -0.810. The molecule has 20 heavy (non-hydrogen) atoms. The molecule has 1 N–H and O–H groups in total. The highest BCUT2D eigenvalue weighted by Gasteiger charge is 2.22. The number of ether oxygens (including phenoxy) is 2. The van der Waals surface area contributed by atoms with Gasteiger partial charge in [-0.2, -0.15) is 0 Å². The SMILES string of the molecule is CC(C)N1CCOC(COc2ccc(Cl)cc2CO)C1. The van der Waals surface area contributed by atoms with Gasteiger partial charge in [0.1, 0.15) is 18.5 Å². The van der Waals surface area contributed by atoms with Crippen molar-refractivity contribution >= 4 is 11.6 Å². The number of aliphatic hydroxyl groups excluding tert-OH is 1. The lowest BCUT2D eigenvalue weighted by atomic mass is 10.2. The first kappa shape index (κ1) is 15.6. The van der Waals surface area contributed by atoms with Crippen molar-refractivity contribution in [1.82, 2.24) is 4.90 Å². The minimum atomic E-state index is -0.0838. The summed E-state index contributed by atoms with van der Waals surface area (Å²) in [4.78, 5) is 2.38. The molecule has 1 saturated heterocycles. The van der Waals surface area contributed by atoms with Crippen LogP contribution < -0.4 is 4.74 Å². The van der Waals surface area contributed by atoms with Gasteiger partial charge in [-0.05, 0) is 32.0 Å². The van der Waals surface area contributed by atoms with Crippen molar-refractivity contribution in [3.05, 3.63) is 28.8 Å². The van der Waals surface area contributed by atoms with Crippen LogP contribution in [-0.2, 0) is 11.3 Å². The molecule has 0 amide bonds. The summed E-state index contributed by atoms with van der Waals surface area (Å²) in [6, 6.07) is 5.79. The van der Waals surface area contributed by atoms with Crippen LogP contribution in [0.25, 0.3) is 0 Å². The van der Waals surface area contributed by atoms with Crippen LogP contribution in [0, 0.1) is 0 Å². The molecule has 1 fully saturated rings. The maximum absolute atomic E-state index is 9.32. The fourth-order valence-electron chi connectivity index (χ4n) is 2.31. The number of aliphatic hydroxyl groups is 1. The van der Waals surface area contributed by atoms with Crippen LogP contribution in [0.2, 0.25) is 5.02 Å². The summed E-state index contributed by atoms with van der Waals surface area (Å²) in [7, 11) is 0. The van der Waals surface area contributed by atoms with E-state index in [2.05, 4.69) is 18.7 Å². The van der Waals surface area contributed by atoms with Gasteiger partial charge in [0.05, 0.1) is 13.2 Å². The van der Waals surface area contributed by atoms with E-state index >= 15 is 0 Å². The lowest BCUT2D eigenvalue weighted by Crippen LogP contribution is -2.47. The highest BCUT2D eigenvalue weighted by atomic mass is 35.5. The second-order valence-electron chi connectivity index (χ2n) is 5.30. The Morgan fingerprint density at radius 2 is 2.30 bits per heavy atom. The van der Waals surface area contributed by atoms with Crippen molar-refractivity contribution in [1.29, 1.82) is 0 Å². The first-order chi connectivity index (χ1) is 9.60. The Bertz CT molecular complexity index is 439. The van der Waals surface area contributed by atoms with E-state index in [1.54, 1.807) is 18.2 Å². The molecule has 1 unspecified atom stereocenters. The fourth-order valence-corrected chi connectivity index (χ4v) is 2.50. The largest absolute Gasteiger partial charge is 0.490 e. The Balaban J connectivity index is 1.91. The third kappa shape index (κ3) is 4.09. The van der Waals surface area contributed by atoms with E-state index in [0.717, 1.165) is 19.7 Å². The number of nitrogens with zero attached hydrogens (tertiary/aromatic N) is 1. The standard InChI is InChI=1S/C15H22ClNO3/c1-11(2)17-5-6-19-14(8-17)10-20-15-4-3-13(16)7-12(15)9-18/h3-4,7,11,14,18H,5-6,8-10H2,1-2H3. The van der Waals surface area contributed by atoms with E-state index in [-0.39, 0.29) is 12.7 Å². The Morgan fingerprint density at radius 1 is 1.50 bits per heavy atom. The third-order valence-corrected chi connectivity index (χ3v) is 3.75. The summed E-state index contributed by atoms with van der Waals surface area (Å²) in [5.41, 5.74) is 0.703. The highest BCUT2D eigenvalue weighted by molar-refractivity contribution is 6.30. The number of hydrogen-bond donors (Lipinski definition) is 1. The van der Waals surface area contributed by atoms with Gasteiger partial charge in [0.2, 0.25) is 0 Å². The number of hydrogen-bond acceptors (Lipinski definition) is 4. The van der Waals surface area contributed by atoms with Crippen molar-refractivity contribution in [3.8, 4) is 5.75 Å². The molecule has 1 atom stereocenters. The van der Waals surface area contributed by atoms with Gasteiger partial charge in [0.15, 0.2) is 0 Å². The van der Waals surface area contributed by atoms with Gasteiger partial charge in [-0.3, -0.25) is 4.90 Å². The van der Waals surface area contributed by atoms with Crippen LogP contribution in [0.1, 0.15) is 19.4 Å². The summed E-state index contributed by atoms with van der Waals surface area (Å²) in [6.07, 6.45) is 0.0633. The van der Waals surface area contributed by atoms with Crippen molar-refractivity contribution in [2.45, 2.75) is 32.6 Å². The average Bonchev–Trinajstić information content (AvgIpc) is 2.46. The minimum absolute atomic E-state index is 0.0633. The summed E-state index contributed by atoms with van der Waals surface area (Å²) in [6.45, 7) is 7.35.